The third-order valence-corrected chi connectivity index (χ3v) is 7.12. The fourth-order valence-electron chi connectivity index (χ4n) is 4.14. The van der Waals surface area contributed by atoms with E-state index < -0.39 is 0 Å². The summed E-state index contributed by atoms with van der Waals surface area (Å²) in [4.78, 5) is 31.5. The van der Waals surface area contributed by atoms with Crippen molar-refractivity contribution in [3.63, 3.8) is 0 Å². The maximum atomic E-state index is 13.1. The molecule has 1 saturated heterocycles. The summed E-state index contributed by atoms with van der Waals surface area (Å²) < 4.78 is 0. The van der Waals surface area contributed by atoms with Gasteiger partial charge in [-0.25, -0.2) is 0 Å². The lowest BCUT2D eigenvalue weighted by atomic mass is 9.95. The van der Waals surface area contributed by atoms with Gasteiger partial charge in [-0.15, -0.1) is 11.3 Å². The molecule has 6 nitrogen and oxygen atoms in total. The van der Waals surface area contributed by atoms with Gasteiger partial charge in [-0.05, 0) is 43.9 Å². The molecule has 0 unspecified atom stereocenters. The van der Waals surface area contributed by atoms with Crippen LogP contribution in [0.3, 0.4) is 0 Å². The Kier molecular flexibility index (Phi) is 6.82. The van der Waals surface area contributed by atoms with Gasteiger partial charge < -0.3 is 15.5 Å². The highest BCUT2D eigenvalue weighted by molar-refractivity contribution is 7.17. The van der Waals surface area contributed by atoms with Crippen molar-refractivity contribution in [3.05, 3.63) is 51.9 Å². The zero-order valence-electron chi connectivity index (χ0n) is 17.6. The summed E-state index contributed by atoms with van der Waals surface area (Å²) in [6.45, 7) is 4.62. The van der Waals surface area contributed by atoms with Crippen LogP contribution in [0.25, 0.3) is 0 Å². The molecule has 160 valence electrons. The second-order valence-electron chi connectivity index (χ2n) is 8.21. The first-order valence-electron chi connectivity index (χ1n) is 10.8. The van der Waals surface area contributed by atoms with Gasteiger partial charge in [0.2, 0.25) is 5.91 Å². The molecule has 1 aromatic carbocycles. The molecule has 2 aromatic rings. The highest BCUT2D eigenvalue weighted by Gasteiger charge is 2.27. The van der Waals surface area contributed by atoms with Gasteiger partial charge in [0.25, 0.3) is 5.91 Å². The molecule has 0 radical (unpaired) electrons. The van der Waals surface area contributed by atoms with Crippen LogP contribution >= 0.6 is 11.3 Å². The summed E-state index contributed by atoms with van der Waals surface area (Å²) in [5, 5.41) is 6.84. The summed E-state index contributed by atoms with van der Waals surface area (Å²) >= 11 is 1.58. The van der Waals surface area contributed by atoms with Crippen LogP contribution in [0.1, 0.15) is 39.2 Å². The molecule has 2 aliphatic rings. The third kappa shape index (κ3) is 5.09. The number of thiophene rings is 1. The number of anilines is 1. The number of nitrogens with zero attached hydrogens (tertiary/aromatic N) is 2. The number of carbonyl (C=O) groups excluding carboxylic acids is 2. The standard InChI is InChI=1S/C23H30N4O2S/c1-26-11-13-27(14-12-26)16-20(28)25-23-21(18-9-5-6-10-19(18)30-23)22(29)24-15-17-7-3-2-4-8-17/h2-4,7-8H,5-6,9-16H2,1H3,(H,24,29)(H,25,28). The summed E-state index contributed by atoms with van der Waals surface area (Å²) in [6.07, 6.45) is 4.15. The quantitative estimate of drug-likeness (QED) is 0.746. The smallest absolute Gasteiger partial charge is 0.254 e. The third-order valence-electron chi connectivity index (χ3n) is 5.91. The second-order valence-corrected chi connectivity index (χ2v) is 9.32. The molecular weight excluding hydrogens is 396 g/mol. The first kappa shape index (κ1) is 21.0. The Morgan fingerprint density at radius 2 is 1.77 bits per heavy atom. The average molecular weight is 427 g/mol. The van der Waals surface area contributed by atoms with Gasteiger partial charge in [-0.3, -0.25) is 14.5 Å². The lowest BCUT2D eigenvalue weighted by Gasteiger charge is -2.31. The molecule has 1 fully saturated rings. The average Bonchev–Trinajstić information content (AvgIpc) is 3.12. The molecule has 0 spiro atoms. The van der Waals surface area contributed by atoms with Crippen LogP contribution in [-0.4, -0.2) is 61.4 Å². The van der Waals surface area contributed by atoms with Gasteiger partial charge in [0.05, 0.1) is 12.1 Å². The first-order valence-corrected chi connectivity index (χ1v) is 11.6. The van der Waals surface area contributed by atoms with E-state index in [9.17, 15) is 9.59 Å². The van der Waals surface area contributed by atoms with Crippen LogP contribution in [0.15, 0.2) is 30.3 Å². The number of fused-ring (bicyclic) bond motifs is 1. The van der Waals surface area contributed by atoms with Crippen molar-refractivity contribution in [3.8, 4) is 0 Å². The number of piperazine rings is 1. The van der Waals surface area contributed by atoms with Crippen LogP contribution < -0.4 is 10.6 Å². The normalized spacial score (nSPS) is 17.4. The highest BCUT2D eigenvalue weighted by atomic mass is 32.1. The van der Waals surface area contributed by atoms with Crippen LogP contribution in [0, 0.1) is 0 Å². The number of rotatable bonds is 6. The Labute approximate surface area is 182 Å². The molecule has 7 heteroatoms. The summed E-state index contributed by atoms with van der Waals surface area (Å²) in [5.74, 6) is -0.122. The fourth-order valence-corrected chi connectivity index (χ4v) is 5.44. The number of nitrogens with one attached hydrogen (secondary N) is 2. The summed E-state index contributed by atoms with van der Waals surface area (Å²) in [5.41, 5.74) is 2.87. The Bertz CT molecular complexity index is 888. The van der Waals surface area contributed by atoms with E-state index in [1.54, 1.807) is 11.3 Å². The van der Waals surface area contributed by atoms with Gasteiger partial charge in [0.1, 0.15) is 5.00 Å². The molecule has 1 aliphatic heterocycles. The van der Waals surface area contributed by atoms with Gasteiger partial charge in [-0.2, -0.15) is 0 Å². The summed E-state index contributed by atoms with van der Waals surface area (Å²) in [6, 6.07) is 9.91. The lowest BCUT2D eigenvalue weighted by Crippen LogP contribution is -2.47. The van der Waals surface area contributed by atoms with E-state index in [-0.39, 0.29) is 11.8 Å². The second kappa shape index (κ2) is 9.73. The van der Waals surface area contributed by atoms with Crippen molar-refractivity contribution in [2.45, 2.75) is 32.2 Å². The van der Waals surface area contributed by atoms with E-state index >= 15 is 0 Å². The minimum atomic E-state index is -0.0897. The highest BCUT2D eigenvalue weighted by Crippen LogP contribution is 2.38. The molecule has 0 saturated carbocycles. The molecular formula is C23H30N4O2S. The van der Waals surface area contributed by atoms with E-state index in [1.165, 1.54) is 4.88 Å². The molecule has 30 heavy (non-hydrogen) atoms. The van der Waals surface area contributed by atoms with Gasteiger partial charge in [0.15, 0.2) is 0 Å². The fraction of sp³-hybridized carbons (Fsp3) is 0.478. The maximum absolute atomic E-state index is 13.1. The van der Waals surface area contributed by atoms with Crippen LogP contribution in [0.5, 0.6) is 0 Å². The number of aryl methyl sites for hydroxylation is 1. The molecule has 1 aliphatic carbocycles. The van der Waals surface area contributed by atoms with Crippen molar-refractivity contribution in [1.29, 1.82) is 0 Å². The molecule has 1 aromatic heterocycles. The van der Waals surface area contributed by atoms with Crippen LogP contribution in [-0.2, 0) is 24.2 Å². The first-order chi connectivity index (χ1) is 14.6. The van der Waals surface area contributed by atoms with Crippen LogP contribution in [0.2, 0.25) is 0 Å². The predicted molar refractivity (Wildman–Crippen MR) is 121 cm³/mol. The van der Waals surface area contributed by atoms with Crippen molar-refractivity contribution >= 4 is 28.2 Å². The topological polar surface area (TPSA) is 64.7 Å². The minimum absolute atomic E-state index is 0.0322. The maximum Gasteiger partial charge on any atom is 0.254 e. The molecule has 2 amide bonds. The Morgan fingerprint density at radius 3 is 2.53 bits per heavy atom. The zero-order chi connectivity index (χ0) is 20.9. The number of carbonyl (C=O) groups is 2. The number of amides is 2. The Hall–Kier alpha value is -2.22. The number of hydrogen-bond donors (Lipinski definition) is 2. The number of benzene rings is 1. The number of likely N-dealkylation sites (N-methyl/N-ethyl adjacent to an activating group) is 1. The van der Waals surface area contributed by atoms with E-state index in [0.717, 1.165) is 63.0 Å². The van der Waals surface area contributed by atoms with Crippen molar-refractivity contribution < 1.29 is 9.59 Å². The van der Waals surface area contributed by atoms with Gasteiger partial charge >= 0.3 is 0 Å². The van der Waals surface area contributed by atoms with Crippen molar-refractivity contribution in [1.82, 2.24) is 15.1 Å². The monoisotopic (exact) mass is 426 g/mol. The minimum Gasteiger partial charge on any atom is -0.348 e. The van der Waals surface area contributed by atoms with Gasteiger partial charge in [-0.1, -0.05) is 30.3 Å². The predicted octanol–water partition coefficient (Wildman–Crippen LogP) is 2.74. The Balaban J connectivity index is 1.46. The van der Waals surface area contributed by atoms with E-state index in [1.807, 2.05) is 30.3 Å². The van der Waals surface area contributed by atoms with Gasteiger partial charge in [0, 0.05) is 37.6 Å². The molecule has 2 N–H and O–H groups in total. The lowest BCUT2D eigenvalue weighted by molar-refractivity contribution is -0.117. The van der Waals surface area contributed by atoms with Crippen molar-refractivity contribution in [2.75, 3.05) is 45.1 Å². The molecule has 4 rings (SSSR count). The SMILES string of the molecule is CN1CCN(CC(=O)Nc2sc3c(c2C(=O)NCc2ccccc2)CCCC3)CC1. The molecule has 0 bridgehead atoms. The number of hydrogen-bond acceptors (Lipinski definition) is 5. The van der Waals surface area contributed by atoms with E-state index in [2.05, 4.69) is 27.5 Å². The van der Waals surface area contributed by atoms with Crippen molar-refractivity contribution in [2.24, 2.45) is 0 Å². The van der Waals surface area contributed by atoms with E-state index in [0.29, 0.717) is 23.7 Å². The summed E-state index contributed by atoms with van der Waals surface area (Å²) in [7, 11) is 2.11. The van der Waals surface area contributed by atoms with E-state index in [4.69, 9.17) is 0 Å². The zero-order valence-corrected chi connectivity index (χ0v) is 18.4. The Morgan fingerprint density at radius 1 is 1.03 bits per heavy atom. The molecule has 2 heterocycles. The van der Waals surface area contributed by atoms with Crippen LogP contribution in [0.4, 0.5) is 5.00 Å². The molecule has 0 atom stereocenters. The largest absolute Gasteiger partial charge is 0.348 e.